The van der Waals surface area contributed by atoms with E-state index in [1.54, 1.807) is 23.0 Å². The second-order valence-electron chi connectivity index (χ2n) is 6.51. The van der Waals surface area contributed by atoms with Crippen molar-refractivity contribution in [2.45, 2.75) is 24.8 Å². The summed E-state index contributed by atoms with van der Waals surface area (Å²) in [5.74, 6) is -1.00. The van der Waals surface area contributed by atoms with Gasteiger partial charge in [0.25, 0.3) is 10.0 Å². The van der Waals surface area contributed by atoms with Gasteiger partial charge in [0.1, 0.15) is 10.6 Å². The van der Waals surface area contributed by atoms with E-state index in [9.17, 15) is 13.2 Å². The van der Waals surface area contributed by atoms with Crippen LogP contribution in [0.25, 0.3) is 17.1 Å². The Bertz CT molecular complexity index is 1200. The molecule has 0 bridgehead atoms. The van der Waals surface area contributed by atoms with Crippen LogP contribution < -0.4 is 9.46 Å². The fraction of sp³-hybridized carbons (Fsp3) is 0.211. The molecule has 152 valence electrons. The number of nitrogens with zero attached hydrogens (tertiary/aromatic N) is 3. The van der Waals surface area contributed by atoms with Crippen LogP contribution in [0.5, 0.6) is 5.75 Å². The van der Waals surface area contributed by atoms with Gasteiger partial charge in [-0.05, 0) is 43.7 Å². The highest BCUT2D eigenvalue weighted by Gasteiger charge is 2.21. The third-order valence-corrected chi connectivity index (χ3v) is 5.47. The Labute approximate surface area is 167 Å². The molecule has 0 unspecified atom stereocenters. The number of aromatic nitrogens is 3. The summed E-state index contributed by atoms with van der Waals surface area (Å²) in [4.78, 5) is 14.9. The van der Waals surface area contributed by atoms with E-state index < -0.39 is 16.0 Å². The molecule has 2 N–H and O–H groups in total. The van der Waals surface area contributed by atoms with Crippen molar-refractivity contribution in [1.29, 1.82) is 0 Å². The normalized spacial score (nSPS) is 12.0. The third-order valence-electron chi connectivity index (χ3n) is 4.07. The maximum absolute atomic E-state index is 12.9. The minimum absolute atomic E-state index is 0.119. The van der Waals surface area contributed by atoms with E-state index in [-0.39, 0.29) is 22.4 Å². The molecule has 0 amide bonds. The van der Waals surface area contributed by atoms with Gasteiger partial charge in [0.15, 0.2) is 5.65 Å². The molecule has 2 aromatic heterocycles. The molecule has 0 saturated carbocycles. The molecular weight excluding hydrogens is 396 g/mol. The quantitative estimate of drug-likeness (QED) is 0.568. The fourth-order valence-corrected chi connectivity index (χ4v) is 4.00. The number of aliphatic carboxylic acids is 1. The first-order valence-electron chi connectivity index (χ1n) is 8.66. The minimum atomic E-state index is -4.02. The maximum Gasteiger partial charge on any atom is 0.328 e. The average molecular weight is 416 g/mol. The number of methoxy groups -OCH3 is 1. The summed E-state index contributed by atoms with van der Waals surface area (Å²) >= 11 is 0. The number of hydrogen-bond acceptors (Lipinski definition) is 6. The molecular formula is C19H20N4O5S. The van der Waals surface area contributed by atoms with Crippen LogP contribution in [0.15, 0.2) is 47.6 Å². The Hall–Kier alpha value is -3.40. The summed E-state index contributed by atoms with van der Waals surface area (Å²) in [6.07, 6.45) is 5.27. The average Bonchev–Trinajstić information content (AvgIpc) is 3.09. The van der Waals surface area contributed by atoms with Gasteiger partial charge in [0.2, 0.25) is 0 Å². The Morgan fingerprint density at radius 3 is 2.69 bits per heavy atom. The first kappa shape index (κ1) is 20.3. The van der Waals surface area contributed by atoms with Gasteiger partial charge < -0.3 is 9.84 Å². The SMILES string of the molecule is COc1ccc(C=CC(=O)O)cc1S(=O)(=O)Nc1cnc2c(cnn2C(C)C)c1. The van der Waals surface area contributed by atoms with Gasteiger partial charge in [-0.3, -0.25) is 4.72 Å². The van der Waals surface area contributed by atoms with E-state index in [4.69, 9.17) is 9.84 Å². The van der Waals surface area contributed by atoms with E-state index in [0.717, 1.165) is 6.08 Å². The van der Waals surface area contributed by atoms with Crippen LogP contribution in [-0.4, -0.2) is 41.4 Å². The minimum Gasteiger partial charge on any atom is -0.495 e. The summed E-state index contributed by atoms with van der Waals surface area (Å²) in [6.45, 7) is 3.95. The van der Waals surface area contributed by atoms with Gasteiger partial charge in [-0.2, -0.15) is 5.10 Å². The van der Waals surface area contributed by atoms with Crippen molar-refractivity contribution in [3.63, 3.8) is 0 Å². The number of benzene rings is 1. The molecule has 0 aliphatic rings. The lowest BCUT2D eigenvalue weighted by molar-refractivity contribution is -0.131. The molecule has 29 heavy (non-hydrogen) atoms. The van der Waals surface area contributed by atoms with Crippen molar-refractivity contribution in [3.8, 4) is 5.75 Å². The van der Waals surface area contributed by atoms with Crippen molar-refractivity contribution in [2.24, 2.45) is 0 Å². The molecule has 0 spiro atoms. The van der Waals surface area contributed by atoms with Crippen molar-refractivity contribution in [3.05, 3.63) is 48.3 Å². The molecule has 2 heterocycles. The largest absolute Gasteiger partial charge is 0.495 e. The first-order chi connectivity index (χ1) is 13.7. The topological polar surface area (TPSA) is 123 Å². The zero-order chi connectivity index (χ0) is 21.2. The molecule has 0 aliphatic carbocycles. The molecule has 0 radical (unpaired) electrons. The second-order valence-corrected chi connectivity index (χ2v) is 8.16. The summed E-state index contributed by atoms with van der Waals surface area (Å²) in [6, 6.07) is 6.12. The Balaban J connectivity index is 1.97. The number of carboxylic acid groups (broad SMARTS) is 1. The van der Waals surface area contributed by atoms with Crippen molar-refractivity contribution in [2.75, 3.05) is 11.8 Å². The number of fused-ring (bicyclic) bond motifs is 1. The number of carboxylic acids is 1. The van der Waals surface area contributed by atoms with E-state index in [1.165, 1.54) is 31.5 Å². The number of rotatable bonds is 7. The lowest BCUT2D eigenvalue weighted by Gasteiger charge is -2.12. The number of anilines is 1. The van der Waals surface area contributed by atoms with Crippen molar-refractivity contribution >= 4 is 38.8 Å². The van der Waals surface area contributed by atoms with Gasteiger partial charge >= 0.3 is 5.97 Å². The predicted octanol–water partition coefficient (Wildman–Crippen LogP) is 2.92. The standard InChI is InChI=1S/C19H20N4O5S/c1-12(2)23-19-14(10-21-23)9-15(11-20-19)22-29(26,27)17-8-13(5-7-18(24)25)4-6-16(17)28-3/h4-12,22H,1-3H3,(H,24,25). The molecule has 9 nitrogen and oxygen atoms in total. The van der Waals surface area contributed by atoms with Crippen LogP contribution in [0.3, 0.4) is 0 Å². The number of sulfonamides is 1. The molecule has 10 heteroatoms. The Morgan fingerprint density at radius 1 is 1.28 bits per heavy atom. The lowest BCUT2D eigenvalue weighted by atomic mass is 10.2. The summed E-state index contributed by atoms with van der Waals surface area (Å²) in [7, 11) is -2.66. The number of pyridine rings is 1. The van der Waals surface area contributed by atoms with Crippen LogP contribution in [0.1, 0.15) is 25.5 Å². The van der Waals surface area contributed by atoms with Gasteiger partial charge in [0, 0.05) is 17.5 Å². The van der Waals surface area contributed by atoms with Crippen LogP contribution >= 0.6 is 0 Å². The number of hydrogen-bond donors (Lipinski definition) is 2. The summed E-state index contributed by atoms with van der Waals surface area (Å²) in [5, 5.41) is 13.7. The highest BCUT2D eigenvalue weighted by molar-refractivity contribution is 7.92. The van der Waals surface area contributed by atoms with Gasteiger partial charge in [-0.1, -0.05) is 6.07 Å². The first-order valence-corrected chi connectivity index (χ1v) is 10.1. The molecule has 0 fully saturated rings. The van der Waals surface area contributed by atoms with Crippen LogP contribution in [-0.2, 0) is 14.8 Å². The van der Waals surface area contributed by atoms with Gasteiger partial charge in [0.05, 0.1) is 25.2 Å². The van der Waals surface area contributed by atoms with E-state index in [1.807, 2.05) is 13.8 Å². The molecule has 0 aliphatic heterocycles. The van der Waals surface area contributed by atoms with Crippen LogP contribution in [0.4, 0.5) is 5.69 Å². The van der Waals surface area contributed by atoms with E-state index in [2.05, 4.69) is 14.8 Å². The smallest absolute Gasteiger partial charge is 0.328 e. The number of carbonyl (C=O) groups is 1. The van der Waals surface area contributed by atoms with Crippen LogP contribution in [0, 0.1) is 0 Å². The summed E-state index contributed by atoms with van der Waals surface area (Å²) < 4.78 is 35.3. The number of nitrogens with one attached hydrogen (secondary N) is 1. The van der Waals surface area contributed by atoms with Crippen LogP contribution in [0.2, 0.25) is 0 Å². The zero-order valence-electron chi connectivity index (χ0n) is 16.0. The Morgan fingerprint density at radius 2 is 2.03 bits per heavy atom. The highest BCUT2D eigenvalue weighted by Crippen LogP contribution is 2.28. The van der Waals surface area contributed by atoms with E-state index >= 15 is 0 Å². The highest BCUT2D eigenvalue weighted by atomic mass is 32.2. The fourth-order valence-electron chi connectivity index (χ4n) is 2.76. The van der Waals surface area contributed by atoms with Gasteiger partial charge in [-0.15, -0.1) is 0 Å². The second kappa shape index (κ2) is 7.92. The maximum atomic E-state index is 12.9. The molecule has 3 aromatic rings. The van der Waals surface area contributed by atoms with Crippen molar-refractivity contribution < 1.29 is 23.1 Å². The summed E-state index contributed by atoms with van der Waals surface area (Å²) in [5.41, 5.74) is 1.33. The molecule has 1 aromatic carbocycles. The number of ether oxygens (including phenoxy) is 1. The molecule has 3 rings (SSSR count). The van der Waals surface area contributed by atoms with Gasteiger partial charge in [-0.25, -0.2) is 22.9 Å². The zero-order valence-corrected chi connectivity index (χ0v) is 16.8. The lowest BCUT2D eigenvalue weighted by Crippen LogP contribution is -2.14. The Kier molecular flexibility index (Phi) is 5.55. The van der Waals surface area contributed by atoms with Crippen molar-refractivity contribution in [1.82, 2.24) is 14.8 Å². The third kappa shape index (κ3) is 4.37. The predicted molar refractivity (Wildman–Crippen MR) is 108 cm³/mol. The van der Waals surface area contributed by atoms with E-state index in [0.29, 0.717) is 16.6 Å². The monoisotopic (exact) mass is 416 g/mol. The molecule has 0 saturated heterocycles. The molecule has 0 atom stereocenters.